The Hall–Kier alpha value is -0.980. The molecule has 1 fully saturated rings. The molecule has 0 aromatic heterocycles. The molecular formula is C15H23FN2O2S. The van der Waals surface area contributed by atoms with Crippen LogP contribution in [0.25, 0.3) is 0 Å². The number of sulfonamides is 1. The zero-order chi connectivity index (χ0) is 15.6. The minimum Gasteiger partial charge on any atom is -0.326 e. The van der Waals surface area contributed by atoms with E-state index in [-0.39, 0.29) is 17.0 Å². The minimum absolute atomic E-state index is 0.00750. The van der Waals surface area contributed by atoms with Gasteiger partial charge in [0, 0.05) is 25.2 Å². The van der Waals surface area contributed by atoms with Gasteiger partial charge in [-0.2, -0.15) is 4.31 Å². The first-order valence-electron chi connectivity index (χ1n) is 7.39. The molecule has 0 atom stereocenters. The molecule has 0 radical (unpaired) electrons. The molecule has 0 unspecified atom stereocenters. The van der Waals surface area contributed by atoms with Gasteiger partial charge < -0.3 is 5.73 Å². The highest BCUT2D eigenvalue weighted by Crippen LogP contribution is 2.32. The second-order valence-corrected chi connectivity index (χ2v) is 7.66. The molecular weight excluding hydrogens is 291 g/mol. The third-order valence-electron chi connectivity index (χ3n) is 3.79. The Kier molecular flexibility index (Phi) is 5.01. The summed E-state index contributed by atoms with van der Waals surface area (Å²) in [7, 11) is -3.58. The summed E-state index contributed by atoms with van der Waals surface area (Å²) in [4.78, 5) is 0.149. The number of benzene rings is 1. The summed E-state index contributed by atoms with van der Waals surface area (Å²) in [5.74, 6) is 0.0579. The van der Waals surface area contributed by atoms with E-state index >= 15 is 0 Å². The average Bonchev–Trinajstić information content (AvgIpc) is 3.25. The molecule has 2 N–H and O–H groups in total. The van der Waals surface area contributed by atoms with Gasteiger partial charge in [0.05, 0.1) is 4.90 Å². The fourth-order valence-corrected chi connectivity index (χ4v) is 4.15. The van der Waals surface area contributed by atoms with Crippen molar-refractivity contribution < 1.29 is 12.8 Å². The Morgan fingerprint density at radius 1 is 1.38 bits per heavy atom. The Morgan fingerprint density at radius 2 is 2.05 bits per heavy atom. The maximum atomic E-state index is 13.9. The smallest absolute Gasteiger partial charge is 0.243 e. The average molecular weight is 314 g/mol. The molecule has 0 aliphatic heterocycles. The molecule has 118 valence electrons. The normalized spacial score (nSPS) is 15.7. The number of aryl methyl sites for hydroxylation is 1. The SMILES string of the molecule is CCCN(CC1CC1)S(=O)(=O)c1cc(C)c(F)c(CN)c1. The number of hydrogen-bond acceptors (Lipinski definition) is 3. The van der Waals surface area contributed by atoms with Crippen LogP contribution in [-0.4, -0.2) is 25.8 Å². The van der Waals surface area contributed by atoms with Crippen molar-refractivity contribution in [2.24, 2.45) is 11.7 Å². The predicted octanol–water partition coefficient (Wildman–Crippen LogP) is 2.40. The highest BCUT2D eigenvalue weighted by molar-refractivity contribution is 7.89. The van der Waals surface area contributed by atoms with Gasteiger partial charge in [-0.1, -0.05) is 6.92 Å². The van der Waals surface area contributed by atoms with Gasteiger partial charge in [-0.3, -0.25) is 0 Å². The maximum Gasteiger partial charge on any atom is 0.243 e. The molecule has 2 rings (SSSR count). The third kappa shape index (κ3) is 3.62. The van der Waals surface area contributed by atoms with Gasteiger partial charge >= 0.3 is 0 Å². The molecule has 0 saturated heterocycles. The molecule has 4 nitrogen and oxygen atoms in total. The fraction of sp³-hybridized carbons (Fsp3) is 0.600. The molecule has 1 saturated carbocycles. The summed E-state index contributed by atoms with van der Waals surface area (Å²) in [5.41, 5.74) is 6.07. The number of halogens is 1. The first-order chi connectivity index (χ1) is 9.90. The van der Waals surface area contributed by atoms with Crippen LogP contribution in [0.1, 0.15) is 37.3 Å². The number of hydrogen-bond donors (Lipinski definition) is 1. The van der Waals surface area contributed by atoms with Crippen molar-refractivity contribution in [3.05, 3.63) is 29.1 Å². The highest BCUT2D eigenvalue weighted by atomic mass is 32.2. The molecule has 21 heavy (non-hydrogen) atoms. The standard InChI is InChI=1S/C15H23FN2O2S/c1-3-6-18(10-12-4-5-12)21(19,20)14-7-11(2)15(16)13(8-14)9-17/h7-8,12H,3-6,9-10,17H2,1-2H3. The van der Waals surface area contributed by atoms with E-state index in [0.717, 1.165) is 19.3 Å². The van der Waals surface area contributed by atoms with Gasteiger partial charge in [0.15, 0.2) is 0 Å². The van der Waals surface area contributed by atoms with Crippen LogP contribution >= 0.6 is 0 Å². The highest BCUT2D eigenvalue weighted by Gasteiger charge is 2.31. The molecule has 1 aromatic carbocycles. The van der Waals surface area contributed by atoms with E-state index in [4.69, 9.17) is 5.73 Å². The Bertz CT molecular complexity index is 612. The number of nitrogens with two attached hydrogens (primary N) is 1. The first-order valence-corrected chi connectivity index (χ1v) is 8.83. The zero-order valence-corrected chi connectivity index (χ0v) is 13.4. The van der Waals surface area contributed by atoms with Crippen molar-refractivity contribution in [1.82, 2.24) is 4.31 Å². The summed E-state index contributed by atoms with van der Waals surface area (Å²) < 4.78 is 40.9. The Labute approximate surface area is 126 Å². The van der Waals surface area contributed by atoms with Crippen LogP contribution in [0.2, 0.25) is 0 Å². The molecule has 1 aliphatic carbocycles. The topological polar surface area (TPSA) is 63.4 Å². The summed E-state index contributed by atoms with van der Waals surface area (Å²) in [6.45, 7) is 4.57. The number of rotatable bonds is 7. The summed E-state index contributed by atoms with van der Waals surface area (Å²) in [5, 5.41) is 0. The molecule has 1 aromatic rings. The Balaban J connectivity index is 2.38. The van der Waals surface area contributed by atoms with E-state index in [0.29, 0.717) is 24.6 Å². The maximum absolute atomic E-state index is 13.9. The molecule has 0 amide bonds. The lowest BCUT2D eigenvalue weighted by Gasteiger charge is -2.22. The van der Waals surface area contributed by atoms with E-state index in [9.17, 15) is 12.8 Å². The van der Waals surface area contributed by atoms with Crippen LogP contribution in [0, 0.1) is 18.7 Å². The first kappa shape index (κ1) is 16.4. The van der Waals surface area contributed by atoms with Gasteiger partial charge in [-0.25, -0.2) is 12.8 Å². The molecule has 0 heterocycles. The van der Waals surface area contributed by atoms with Gasteiger partial charge in [-0.05, 0) is 49.8 Å². The van der Waals surface area contributed by atoms with Crippen molar-refractivity contribution in [2.45, 2.75) is 44.6 Å². The summed E-state index contributed by atoms with van der Waals surface area (Å²) in [6, 6.07) is 2.77. The van der Waals surface area contributed by atoms with Crippen molar-refractivity contribution in [3.63, 3.8) is 0 Å². The second kappa shape index (κ2) is 6.42. The summed E-state index contributed by atoms with van der Waals surface area (Å²) >= 11 is 0. The largest absolute Gasteiger partial charge is 0.326 e. The lowest BCUT2D eigenvalue weighted by Crippen LogP contribution is -2.34. The zero-order valence-electron chi connectivity index (χ0n) is 12.6. The van der Waals surface area contributed by atoms with Crippen molar-refractivity contribution in [3.8, 4) is 0 Å². The second-order valence-electron chi connectivity index (χ2n) is 5.72. The lowest BCUT2D eigenvalue weighted by molar-refractivity contribution is 0.395. The van der Waals surface area contributed by atoms with Crippen LogP contribution in [0.15, 0.2) is 17.0 Å². The molecule has 0 bridgehead atoms. The van der Waals surface area contributed by atoms with Crippen molar-refractivity contribution in [2.75, 3.05) is 13.1 Å². The van der Waals surface area contributed by atoms with E-state index in [1.54, 1.807) is 6.92 Å². The van der Waals surface area contributed by atoms with Crippen LogP contribution in [0.5, 0.6) is 0 Å². The van der Waals surface area contributed by atoms with Crippen LogP contribution < -0.4 is 5.73 Å². The molecule has 1 aliphatic rings. The molecule has 6 heteroatoms. The lowest BCUT2D eigenvalue weighted by atomic mass is 10.1. The number of nitrogens with zero attached hydrogens (tertiary/aromatic N) is 1. The van der Waals surface area contributed by atoms with Crippen LogP contribution in [0.4, 0.5) is 4.39 Å². The van der Waals surface area contributed by atoms with Crippen molar-refractivity contribution in [1.29, 1.82) is 0 Å². The van der Waals surface area contributed by atoms with E-state index in [2.05, 4.69) is 0 Å². The van der Waals surface area contributed by atoms with Gasteiger partial charge in [0.1, 0.15) is 5.82 Å². The third-order valence-corrected chi connectivity index (χ3v) is 5.64. The monoisotopic (exact) mass is 314 g/mol. The van der Waals surface area contributed by atoms with E-state index < -0.39 is 15.8 Å². The Morgan fingerprint density at radius 3 is 2.57 bits per heavy atom. The predicted molar refractivity (Wildman–Crippen MR) is 80.8 cm³/mol. The summed E-state index contributed by atoms with van der Waals surface area (Å²) in [6.07, 6.45) is 2.94. The van der Waals surface area contributed by atoms with Gasteiger partial charge in [0.2, 0.25) is 10.0 Å². The van der Waals surface area contributed by atoms with Crippen LogP contribution in [0.3, 0.4) is 0 Å². The van der Waals surface area contributed by atoms with Crippen molar-refractivity contribution >= 4 is 10.0 Å². The minimum atomic E-state index is -3.58. The van der Waals surface area contributed by atoms with E-state index in [1.807, 2.05) is 6.92 Å². The van der Waals surface area contributed by atoms with E-state index in [1.165, 1.54) is 16.4 Å². The molecule has 0 spiro atoms. The van der Waals surface area contributed by atoms with Crippen LogP contribution in [-0.2, 0) is 16.6 Å². The van der Waals surface area contributed by atoms with Gasteiger partial charge in [0.25, 0.3) is 0 Å². The fourth-order valence-electron chi connectivity index (χ4n) is 2.40. The van der Waals surface area contributed by atoms with Gasteiger partial charge in [-0.15, -0.1) is 0 Å². The quantitative estimate of drug-likeness (QED) is 0.840.